The minimum Gasteiger partial charge on any atom is -0.460 e. The molecule has 0 N–H and O–H groups in total. The number of thiophene rings is 1. The normalized spacial score (nSPS) is 11.3. The Balaban J connectivity index is 1.43. The van der Waals surface area contributed by atoms with Crippen LogP contribution in [0.2, 0.25) is 0 Å². The van der Waals surface area contributed by atoms with E-state index in [-0.39, 0.29) is 6.61 Å². The standard InChI is InChI=1S/C26H22N2O6S/c1-15-19-14-22(35-24(19)28(27-15)17-7-5-4-6-8-17)25(29)34-18-9-10-21-20(13-18)23(16(2)33-21)26(30)32-12-11-31-3/h4-10,13-14H,11-12H2,1-3H3. The van der Waals surface area contributed by atoms with Crippen LogP contribution >= 0.6 is 11.3 Å². The van der Waals surface area contributed by atoms with Crippen LogP contribution in [0.4, 0.5) is 0 Å². The lowest BCUT2D eigenvalue weighted by molar-refractivity contribution is 0.0388. The van der Waals surface area contributed by atoms with Crippen molar-refractivity contribution < 1.29 is 28.2 Å². The smallest absolute Gasteiger partial charge is 0.353 e. The number of aromatic nitrogens is 2. The highest BCUT2D eigenvalue weighted by Gasteiger charge is 2.22. The number of carbonyl (C=O) groups excluding carboxylic acids is 2. The van der Waals surface area contributed by atoms with Gasteiger partial charge in [0, 0.05) is 17.9 Å². The molecule has 9 heteroatoms. The number of esters is 2. The minimum absolute atomic E-state index is 0.127. The van der Waals surface area contributed by atoms with E-state index in [9.17, 15) is 9.59 Å². The maximum absolute atomic E-state index is 13.0. The van der Waals surface area contributed by atoms with Crippen LogP contribution in [0.5, 0.6) is 5.75 Å². The fourth-order valence-electron chi connectivity index (χ4n) is 3.86. The van der Waals surface area contributed by atoms with E-state index in [0.717, 1.165) is 21.6 Å². The van der Waals surface area contributed by atoms with Gasteiger partial charge in [-0.05, 0) is 50.2 Å². The van der Waals surface area contributed by atoms with Gasteiger partial charge in [0.2, 0.25) is 0 Å². The van der Waals surface area contributed by atoms with E-state index in [2.05, 4.69) is 5.10 Å². The highest BCUT2D eigenvalue weighted by molar-refractivity contribution is 7.20. The number of aryl methyl sites for hydroxylation is 2. The lowest BCUT2D eigenvalue weighted by Crippen LogP contribution is -2.10. The van der Waals surface area contributed by atoms with Crippen molar-refractivity contribution in [1.82, 2.24) is 9.78 Å². The van der Waals surface area contributed by atoms with Gasteiger partial charge in [0.05, 0.1) is 18.0 Å². The molecule has 5 aromatic rings. The first-order valence-electron chi connectivity index (χ1n) is 10.9. The zero-order valence-electron chi connectivity index (χ0n) is 19.4. The average Bonchev–Trinajstić information content (AvgIpc) is 3.52. The number of para-hydroxylation sites is 1. The summed E-state index contributed by atoms with van der Waals surface area (Å²) in [6.07, 6.45) is 0. The molecule has 0 bridgehead atoms. The molecule has 35 heavy (non-hydrogen) atoms. The molecule has 178 valence electrons. The highest BCUT2D eigenvalue weighted by atomic mass is 32.1. The summed E-state index contributed by atoms with van der Waals surface area (Å²) in [6, 6.07) is 16.5. The fourth-order valence-corrected chi connectivity index (χ4v) is 4.91. The predicted molar refractivity (Wildman–Crippen MR) is 132 cm³/mol. The number of furan rings is 1. The maximum Gasteiger partial charge on any atom is 0.353 e. The van der Waals surface area contributed by atoms with E-state index in [1.54, 1.807) is 31.2 Å². The molecule has 5 rings (SSSR count). The summed E-state index contributed by atoms with van der Waals surface area (Å²) in [5.74, 6) is -0.286. The third kappa shape index (κ3) is 4.31. The number of ether oxygens (including phenoxy) is 3. The molecular weight excluding hydrogens is 468 g/mol. The first-order valence-corrected chi connectivity index (χ1v) is 11.7. The van der Waals surface area contributed by atoms with Gasteiger partial charge in [-0.1, -0.05) is 18.2 Å². The van der Waals surface area contributed by atoms with E-state index < -0.39 is 11.9 Å². The second kappa shape index (κ2) is 9.36. The molecule has 0 radical (unpaired) electrons. The van der Waals surface area contributed by atoms with Gasteiger partial charge in [0.15, 0.2) is 0 Å². The van der Waals surface area contributed by atoms with Crippen LogP contribution < -0.4 is 4.74 Å². The summed E-state index contributed by atoms with van der Waals surface area (Å²) in [4.78, 5) is 26.9. The number of hydrogen-bond donors (Lipinski definition) is 0. The Hall–Kier alpha value is -3.95. The molecule has 3 heterocycles. The largest absolute Gasteiger partial charge is 0.460 e. The molecule has 0 saturated carbocycles. The molecule has 0 atom stereocenters. The quantitative estimate of drug-likeness (QED) is 0.170. The maximum atomic E-state index is 13.0. The summed E-state index contributed by atoms with van der Waals surface area (Å²) in [5, 5.41) is 6.02. The van der Waals surface area contributed by atoms with Crippen molar-refractivity contribution in [2.24, 2.45) is 0 Å². The van der Waals surface area contributed by atoms with Crippen LogP contribution in [0.3, 0.4) is 0 Å². The lowest BCUT2D eigenvalue weighted by atomic mass is 10.1. The van der Waals surface area contributed by atoms with Gasteiger partial charge in [-0.25, -0.2) is 14.3 Å². The summed E-state index contributed by atoms with van der Waals surface area (Å²) in [5.41, 5.74) is 2.54. The SMILES string of the molecule is COCCOC(=O)c1c(C)oc2ccc(OC(=O)c3cc4c(C)nn(-c5ccccc5)c4s3)cc12. The van der Waals surface area contributed by atoms with Gasteiger partial charge in [0.25, 0.3) is 0 Å². The van der Waals surface area contributed by atoms with Crippen LogP contribution in [0.15, 0.2) is 59.0 Å². The topological polar surface area (TPSA) is 92.8 Å². The van der Waals surface area contributed by atoms with Crippen LogP contribution in [0.25, 0.3) is 26.9 Å². The molecular formula is C26H22N2O6S. The van der Waals surface area contributed by atoms with Crippen molar-refractivity contribution >= 4 is 44.5 Å². The van der Waals surface area contributed by atoms with Crippen LogP contribution in [-0.4, -0.2) is 42.0 Å². The first kappa shape index (κ1) is 22.8. The number of carbonyl (C=O) groups is 2. The van der Waals surface area contributed by atoms with Crippen LogP contribution in [0.1, 0.15) is 31.5 Å². The number of nitrogens with zero attached hydrogens (tertiary/aromatic N) is 2. The fraction of sp³-hybridized carbons (Fsp3) is 0.192. The Morgan fingerprint density at radius 2 is 1.80 bits per heavy atom. The molecule has 0 aliphatic carbocycles. The van der Waals surface area contributed by atoms with Crippen molar-refractivity contribution in [2.45, 2.75) is 13.8 Å². The molecule has 3 aromatic heterocycles. The van der Waals surface area contributed by atoms with Crippen molar-refractivity contribution in [2.75, 3.05) is 20.3 Å². The molecule has 0 saturated heterocycles. The molecule has 0 spiro atoms. The zero-order chi connectivity index (χ0) is 24.5. The zero-order valence-corrected chi connectivity index (χ0v) is 20.2. The van der Waals surface area contributed by atoms with Crippen molar-refractivity contribution in [3.8, 4) is 11.4 Å². The third-order valence-electron chi connectivity index (χ3n) is 5.52. The monoisotopic (exact) mass is 490 g/mol. The van der Waals surface area contributed by atoms with Gasteiger partial charge in [0.1, 0.15) is 39.0 Å². The summed E-state index contributed by atoms with van der Waals surface area (Å²) >= 11 is 1.32. The van der Waals surface area contributed by atoms with Gasteiger partial charge in [-0.2, -0.15) is 5.10 Å². The van der Waals surface area contributed by atoms with E-state index in [1.807, 2.05) is 41.9 Å². The molecule has 8 nitrogen and oxygen atoms in total. The van der Waals surface area contributed by atoms with Gasteiger partial charge in [-0.15, -0.1) is 11.3 Å². The van der Waals surface area contributed by atoms with E-state index in [0.29, 0.717) is 39.5 Å². The molecule has 0 aliphatic rings. The van der Waals surface area contributed by atoms with E-state index in [4.69, 9.17) is 18.6 Å². The average molecular weight is 491 g/mol. The number of rotatable bonds is 7. The Bertz CT molecular complexity index is 1550. The highest BCUT2D eigenvalue weighted by Crippen LogP contribution is 2.33. The van der Waals surface area contributed by atoms with E-state index >= 15 is 0 Å². The van der Waals surface area contributed by atoms with Crippen LogP contribution in [0, 0.1) is 13.8 Å². The van der Waals surface area contributed by atoms with Crippen molar-refractivity contribution in [3.05, 3.63) is 76.5 Å². The van der Waals surface area contributed by atoms with Crippen molar-refractivity contribution in [1.29, 1.82) is 0 Å². The number of benzene rings is 2. The van der Waals surface area contributed by atoms with Crippen LogP contribution in [-0.2, 0) is 9.47 Å². The second-order valence-corrected chi connectivity index (χ2v) is 8.90. The molecule has 0 amide bonds. The molecule has 0 aliphatic heterocycles. The van der Waals surface area contributed by atoms with Gasteiger partial charge < -0.3 is 18.6 Å². The Labute approximate surface area is 204 Å². The predicted octanol–water partition coefficient (Wildman–Crippen LogP) is 5.47. The number of hydrogen-bond acceptors (Lipinski definition) is 8. The Kier molecular flexibility index (Phi) is 6.10. The third-order valence-corrected chi connectivity index (χ3v) is 6.61. The van der Waals surface area contributed by atoms with Gasteiger partial charge in [-0.3, -0.25) is 0 Å². The Morgan fingerprint density at radius 3 is 2.57 bits per heavy atom. The molecule has 0 unspecified atom stereocenters. The summed E-state index contributed by atoms with van der Waals surface area (Å²) in [6.45, 7) is 4.02. The molecule has 2 aromatic carbocycles. The summed E-state index contributed by atoms with van der Waals surface area (Å²) < 4.78 is 23.4. The van der Waals surface area contributed by atoms with E-state index in [1.165, 1.54) is 18.4 Å². The first-order chi connectivity index (χ1) is 17.0. The summed E-state index contributed by atoms with van der Waals surface area (Å²) in [7, 11) is 1.53. The number of fused-ring (bicyclic) bond motifs is 2. The minimum atomic E-state index is -0.521. The lowest BCUT2D eigenvalue weighted by Gasteiger charge is -2.05. The van der Waals surface area contributed by atoms with Crippen molar-refractivity contribution in [3.63, 3.8) is 0 Å². The van der Waals surface area contributed by atoms with Gasteiger partial charge >= 0.3 is 11.9 Å². The second-order valence-electron chi connectivity index (χ2n) is 7.87. The molecule has 0 fully saturated rings. The number of methoxy groups -OCH3 is 1. The Morgan fingerprint density at radius 1 is 1.00 bits per heavy atom.